The lowest BCUT2D eigenvalue weighted by molar-refractivity contribution is 0.0713. The minimum atomic E-state index is -3.26. The van der Waals surface area contributed by atoms with Crippen LogP contribution >= 0.6 is 0 Å². The quantitative estimate of drug-likeness (QED) is 0.234. The molecule has 0 aliphatic carbocycles. The number of benzene rings is 2. The van der Waals surface area contributed by atoms with E-state index in [-0.39, 0.29) is 23.8 Å². The fourth-order valence-electron chi connectivity index (χ4n) is 5.61. The van der Waals surface area contributed by atoms with E-state index in [9.17, 15) is 18.0 Å². The molecule has 3 heterocycles. The van der Waals surface area contributed by atoms with E-state index in [2.05, 4.69) is 14.9 Å². The van der Waals surface area contributed by atoms with Crippen LogP contribution in [-0.4, -0.2) is 95.3 Å². The van der Waals surface area contributed by atoms with Crippen molar-refractivity contribution in [1.82, 2.24) is 24.1 Å². The second-order valence-corrected chi connectivity index (χ2v) is 12.6. The van der Waals surface area contributed by atoms with Crippen molar-refractivity contribution in [3.63, 3.8) is 0 Å². The van der Waals surface area contributed by atoms with E-state index in [1.807, 2.05) is 13.0 Å². The van der Waals surface area contributed by atoms with E-state index in [4.69, 9.17) is 21.6 Å². The second kappa shape index (κ2) is 11.5. The van der Waals surface area contributed by atoms with Crippen LogP contribution in [0.5, 0.6) is 5.75 Å². The molecule has 222 valence electrons. The highest BCUT2D eigenvalue weighted by atomic mass is 32.2. The fourth-order valence-corrected chi connectivity index (χ4v) is 6.44. The number of nitrogen functional groups attached to an aromatic ring is 1. The van der Waals surface area contributed by atoms with Gasteiger partial charge in [0.2, 0.25) is 10.0 Å². The molecule has 0 bridgehead atoms. The minimum Gasteiger partial charge on any atom is -0.410 e. The van der Waals surface area contributed by atoms with Crippen LogP contribution in [0.1, 0.15) is 39.8 Å². The van der Waals surface area contributed by atoms with E-state index < -0.39 is 16.1 Å². The Labute approximate surface area is 244 Å². The molecule has 0 unspecified atom stereocenters. The summed E-state index contributed by atoms with van der Waals surface area (Å²) in [4.78, 5) is 37.1. The lowest BCUT2D eigenvalue weighted by Crippen LogP contribution is -2.52. The standard InChI is InChI=1S/C28H34N8O5S/c1-17-13-20(7-8-24(17)41-28(31)38)22-15-32-26(33-22)23-14-21(34-9-11-35(12-10-34)42(2,39)40)16-36(23)27(37)19-5-3-18(4-6-19)25(29)30/h3-8,13,15,21,23H,9-12,14,16H2,1-2H3,(H3,29,30)(H2,31,38)(H,32,33)/t21-,23-/m0/s1. The number of H-pyrrole nitrogens is 1. The molecule has 42 heavy (non-hydrogen) atoms. The van der Waals surface area contributed by atoms with Gasteiger partial charge in [-0.1, -0.05) is 12.1 Å². The van der Waals surface area contributed by atoms with Gasteiger partial charge in [-0.2, -0.15) is 4.31 Å². The number of aryl methyl sites for hydroxylation is 1. The third-order valence-corrected chi connectivity index (χ3v) is 9.15. The Morgan fingerprint density at radius 2 is 1.71 bits per heavy atom. The molecule has 6 N–H and O–H groups in total. The number of amides is 2. The summed E-state index contributed by atoms with van der Waals surface area (Å²) >= 11 is 0. The smallest absolute Gasteiger partial charge is 0.409 e. The number of nitrogens with one attached hydrogen (secondary N) is 2. The Hall–Kier alpha value is -4.27. The zero-order valence-electron chi connectivity index (χ0n) is 23.4. The lowest BCUT2D eigenvalue weighted by Gasteiger charge is -2.36. The van der Waals surface area contributed by atoms with E-state index in [0.29, 0.717) is 61.8 Å². The highest BCUT2D eigenvalue weighted by molar-refractivity contribution is 7.88. The molecule has 2 aromatic carbocycles. The molecule has 2 aliphatic heterocycles. The van der Waals surface area contributed by atoms with Crippen LogP contribution in [0, 0.1) is 12.3 Å². The number of ether oxygens (including phenoxy) is 1. The van der Waals surface area contributed by atoms with Crippen LogP contribution in [0.4, 0.5) is 4.79 Å². The summed E-state index contributed by atoms with van der Waals surface area (Å²) in [7, 11) is -3.26. The molecule has 2 atom stereocenters. The summed E-state index contributed by atoms with van der Waals surface area (Å²) in [5, 5.41) is 7.64. The number of nitrogens with zero attached hydrogens (tertiary/aromatic N) is 4. The number of likely N-dealkylation sites (tertiary alicyclic amines) is 1. The number of carbonyl (C=O) groups excluding carboxylic acids is 2. The first-order valence-corrected chi connectivity index (χ1v) is 15.3. The summed E-state index contributed by atoms with van der Waals surface area (Å²) < 4.78 is 30.5. The van der Waals surface area contributed by atoms with Crippen molar-refractivity contribution in [3.05, 3.63) is 71.2 Å². The predicted molar refractivity (Wildman–Crippen MR) is 157 cm³/mol. The van der Waals surface area contributed by atoms with Gasteiger partial charge in [0.15, 0.2) is 0 Å². The molecular formula is C28H34N8O5S. The maximum atomic E-state index is 13.8. The Morgan fingerprint density at radius 3 is 2.31 bits per heavy atom. The van der Waals surface area contributed by atoms with Crippen molar-refractivity contribution in [2.75, 3.05) is 39.0 Å². The monoisotopic (exact) mass is 594 g/mol. The van der Waals surface area contributed by atoms with Gasteiger partial charge in [0, 0.05) is 55.5 Å². The van der Waals surface area contributed by atoms with Gasteiger partial charge in [0.1, 0.15) is 17.4 Å². The number of piperazine rings is 1. The normalized spacial score (nSPS) is 20.0. The highest BCUT2D eigenvalue weighted by Gasteiger charge is 2.41. The number of aromatic amines is 1. The van der Waals surface area contributed by atoms with Crippen molar-refractivity contribution in [1.29, 1.82) is 5.41 Å². The number of nitrogens with two attached hydrogens (primary N) is 2. The van der Waals surface area contributed by atoms with Gasteiger partial charge < -0.3 is 26.1 Å². The minimum absolute atomic E-state index is 0.0122. The molecule has 2 saturated heterocycles. The van der Waals surface area contributed by atoms with Gasteiger partial charge >= 0.3 is 6.09 Å². The van der Waals surface area contributed by atoms with Gasteiger partial charge in [-0.05, 0) is 49.2 Å². The number of imidazole rings is 1. The van der Waals surface area contributed by atoms with E-state index in [1.165, 1.54) is 10.6 Å². The van der Waals surface area contributed by atoms with E-state index >= 15 is 0 Å². The van der Waals surface area contributed by atoms with Crippen molar-refractivity contribution in [2.24, 2.45) is 11.5 Å². The lowest BCUT2D eigenvalue weighted by atomic mass is 10.1. The first-order chi connectivity index (χ1) is 19.9. The first kappa shape index (κ1) is 29.2. The number of hydrogen-bond acceptors (Lipinski definition) is 8. The number of sulfonamides is 1. The van der Waals surface area contributed by atoms with Crippen LogP contribution in [-0.2, 0) is 10.0 Å². The van der Waals surface area contributed by atoms with E-state index in [1.54, 1.807) is 47.5 Å². The number of carbonyl (C=O) groups is 2. The Bertz CT molecular complexity index is 1610. The van der Waals surface area contributed by atoms with Gasteiger partial charge in [-0.3, -0.25) is 15.1 Å². The predicted octanol–water partition coefficient (Wildman–Crippen LogP) is 1.66. The van der Waals surface area contributed by atoms with Crippen LogP contribution in [0.25, 0.3) is 11.3 Å². The molecular weight excluding hydrogens is 560 g/mol. The van der Waals surface area contributed by atoms with Crippen molar-refractivity contribution >= 4 is 27.9 Å². The Kier molecular flexibility index (Phi) is 8.03. The SMILES string of the molecule is Cc1cc(-c2cnc([C@@H]3C[C@H](N4CCN(S(C)(=O)=O)CC4)CN3C(=O)c3ccc(C(=N)N)cc3)[nH]2)ccc1OC(N)=O. The first-order valence-electron chi connectivity index (χ1n) is 13.5. The van der Waals surface area contributed by atoms with Crippen molar-refractivity contribution < 1.29 is 22.7 Å². The third-order valence-electron chi connectivity index (χ3n) is 7.85. The van der Waals surface area contributed by atoms with Crippen LogP contribution in [0.3, 0.4) is 0 Å². The third kappa shape index (κ3) is 6.15. The van der Waals surface area contributed by atoms with Crippen LogP contribution in [0.2, 0.25) is 0 Å². The fraction of sp³-hybridized carbons (Fsp3) is 0.357. The van der Waals surface area contributed by atoms with Gasteiger partial charge in [0.25, 0.3) is 5.91 Å². The molecule has 2 aliphatic rings. The van der Waals surface area contributed by atoms with E-state index in [0.717, 1.165) is 16.8 Å². The van der Waals surface area contributed by atoms with Gasteiger partial charge in [-0.25, -0.2) is 18.2 Å². The largest absolute Gasteiger partial charge is 0.410 e. The zero-order chi connectivity index (χ0) is 30.2. The Balaban J connectivity index is 1.41. The summed E-state index contributed by atoms with van der Waals surface area (Å²) in [6.07, 6.45) is 2.67. The molecule has 2 fully saturated rings. The number of hydrogen-bond donors (Lipinski definition) is 4. The molecule has 1 aromatic heterocycles. The summed E-state index contributed by atoms with van der Waals surface area (Å²) in [5.74, 6) is 0.752. The maximum Gasteiger partial charge on any atom is 0.409 e. The zero-order valence-corrected chi connectivity index (χ0v) is 24.2. The number of rotatable bonds is 7. The van der Waals surface area contributed by atoms with Crippen molar-refractivity contribution in [3.8, 4) is 17.0 Å². The molecule has 0 saturated carbocycles. The molecule has 3 aromatic rings. The molecule has 0 radical (unpaired) electrons. The summed E-state index contributed by atoms with van der Waals surface area (Å²) in [6.45, 7) is 4.21. The highest BCUT2D eigenvalue weighted by Crippen LogP contribution is 2.36. The maximum absolute atomic E-state index is 13.8. The molecule has 14 heteroatoms. The Morgan fingerprint density at radius 1 is 1.05 bits per heavy atom. The van der Waals surface area contributed by atoms with Crippen LogP contribution < -0.4 is 16.2 Å². The topological polar surface area (TPSA) is 192 Å². The molecule has 13 nitrogen and oxygen atoms in total. The van der Waals surface area contributed by atoms with Crippen LogP contribution in [0.15, 0.2) is 48.7 Å². The summed E-state index contributed by atoms with van der Waals surface area (Å²) in [6, 6.07) is 11.6. The summed E-state index contributed by atoms with van der Waals surface area (Å²) in [5.41, 5.74) is 14.0. The molecule has 5 rings (SSSR count). The van der Waals surface area contributed by atoms with Gasteiger partial charge in [-0.15, -0.1) is 0 Å². The number of primary amides is 1. The molecule has 2 amide bonds. The number of aromatic nitrogens is 2. The second-order valence-electron chi connectivity index (χ2n) is 10.6. The average molecular weight is 595 g/mol. The average Bonchev–Trinajstić information content (AvgIpc) is 3.61. The number of amidine groups is 1. The van der Waals surface area contributed by atoms with Gasteiger partial charge in [0.05, 0.1) is 24.2 Å². The molecule has 0 spiro atoms. The van der Waals surface area contributed by atoms with Crippen molar-refractivity contribution in [2.45, 2.75) is 25.4 Å².